The topological polar surface area (TPSA) is 196 Å². The van der Waals surface area contributed by atoms with Crippen LogP contribution in [0.3, 0.4) is 0 Å². The Bertz CT molecular complexity index is 1450. The van der Waals surface area contributed by atoms with Gasteiger partial charge in [0.1, 0.15) is 36.6 Å². The Morgan fingerprint density at radius 2 is 1.50 bits per heavy atom. The maximum atomic E-state index is 14.4. The van der Waals surface area contributed by atoms with Gasteiger partial charge in [-0.1, -0.05) is 65.3 Å². The second-order valence-electron chi connectivity index (χ2n) is 18.9. The molecule has 12 heteroatoms. The van der Waals surface area contributed by atoms with Gasteiger partial charge in [0.2, 0.25) is 6.29 Å². The quantitative estimate of drug-likeness (QED) is 0.127. The molecule has 0 bridgehead atoms. The van der Waals surface area contributed by atoms with Crippen molar-refractivity contribution in [3.63, 3.8) is 0 Å². The highest BCUT2D eigenvalue weighted by Crippen LogP contribution is 2.76. The zero-order valence-corrected chi connectivity index (χ0v) is 31.6. The third-order valence-corrected chi connectivity index (χ3v) is 16.3. The number of rotatable bonds is 4. The van der Waals surface area contributed by atoms with Crippen molar-refractivity contribution >= 4 is 5.97 Å². The third-order valence-electron chi connectivity index (χ3n) is 16.3. The fourth-order valence-electron chi connectivity index (χ4n) is 12.8. The molecule has 18 atom stereocenters. The van der Waals surface area contributed by atoms with Crippen LogP contribution in [-0.2, 0) is 23.7 Å². The molecule has 0 amide bonds. The molecule has 4 saturated carbocycles. The lowest BCUT2D eigenvalue weighted by atomic mass is 9.33. The van der Waals surface area contributed by atoms with Crippen LogP contribution in [0.25, 0.3) is 0 Å². The van der Waals surface area contributed by atoms with Crippen LogP contribution in [0.5, 0.6) is 0 Å². The number of ether oxygens (including phenoxy) is 4. The van der Waals surface area contributed by atoms with Gasteiger partial charge in [0.15, 0.2) is 12.6 Å². The van der Waals surface area contributed by atoms with Gasteiger partial charge in [0, 0.05) is 5.92 Å². The first-order valence-corrected chi connectivity index (χ1v) is 19.5. The summed E-state index contributed by atoms with van der Waals surface area (Å²) < 4.78 is 23.3. The molecule has 6 fully saturated rings. The minimum Gasteiger partial charge on any atom is -0.432 e. The smallest absolute Gasteiger partial charge is 0.315 e. The fraction of sp³-hybridized carbons (Fsp3) is 0.875. The maximum absolute atomic E-state index is 14.4. The molecule has 7 N–H and O–H groups in total. The van der Waals surface area contributed by atoms with Gasteiger partial charge < -0.3 is 54.7 Å². The van der Waals surface area contributed by atoms with Crippen LogP contribution in [0.15, 0.2) is 23.8 Å². The van der Waals surface area contributed by atoms with E-state index in [0.29, 0.717) is 24.7 Å². The predicted molar refractivity (Wildman–Crippen MR) is 187 cm³/mol. The second kappa shape index (κ2) is 13.1. The van der Waals surface area contributed by atoms with Crippen LogP contribution < -0.4 is 0 Å². The molecule has 12 nitrogen and oxygen atoms in total. The predicted octanol–water partition coefficient (Wildman–Crippen LogP) is 2.69. The van der Waals surface area contributed by atoms with Crippen molar-refractivity contribution < 1.29 is 59.5 Å². The number of aliphatic hydroxyl groups is 7. The fourth-order valence-corrected chi connectivity index (χ4v) is 12.8. The Hall–Kier alpha value is -1.45. The van der Waals surface area contributed by atoms with Gasteiger partial charge >= 0.3 is 5.97 Å². The summed E-state index contributed by atoms with van der Waals surface area (Å²) in [4.78, 5) is 14.4. The Morgan fingerprint density at radius 1 is 0.808 bits per heavy atom. The molecule has 2 aliphatic heterocycles. The van der Waals surface area contributed by atoms with E-state index in [2.05, 4.69) is 54.2 Å². The van der Waals surface area contributed by atoms with Crippen molar-refractivity contribution in [3.05, 3.63) is 23.8 Å². The summed E-state index contributed by atoms with van der Waals surface area (Å²) in [6, 6.07) is 0. The van der Waals surface area contributed by atoms with Gasteiger partial charge in [0.25, 0.3) is 0 Å². The number of hydrogen-bond acceptors (Lipinski definition) is 12. The zero-order chi connectivity index (χ0) is 37.9. The van der Waals surface area contributed by atoms with Crippen LogP contribution in [0, 0.1) is 50.7 Å². The van der Waals surface area contributed by atoms with Crippen molar-refractivity contribution in [3.8, 4) is 0 Å². The number of carbonyl (C=O) groups is 1. The maximum Gasteiger partial charge on any atom is 0.315 e. The largest absolute Gasteiger partial charge is 0.432 e. The molecular formula is C40H62O12. The number of aliphatic hydroxyl groups excluding tert-OH is 7. The number of esters is 1. The molecule has 0 aromatic heterocycles. The van der Waals surface area contributed by atoms with E-state index in [-0.39, 0.29) is 46.2 Å². The Balaban J connectivity index is 1.17. The first-order chi connectivity index (χ1) is 24.2. The van der Waals surface area contributed by atoms with Crippen molar-refractivity contribution in [1.29, 1.82) is 0 Å². The highest BCUT2D eigenvalue weighted by molar-refractivity contribution is 5.80. The summed E-state index contributed by atoms with van der Waals surface area (Å²) in [6.45, 7) is 18.5. The monoisotopic (exact) mass is 734 g/mol. The number of carbonyl (C=O) groups excluding carboxylic acids is 1. The van der Waals surface area contributed by atoms with Crippen LogP contribution in [-0.4, -0.2) is 110 Å². The van der Waals surface area contributed by atoms with Crippen molar-refractivity contribution in [1.82, 2.24) is 0 Å². The van der Waals surface area contributed by atoms with Gasteiger partial charge in [-0.05, 0) is 97.2 Å². The lowest BCUT2D eigenvalue weighted by molar-refractivity contribution is -0.334. The first kappa shape index (κ1) is 38.8. The number of hydrogen-bond donors (Lipinski definition) is 7. The van der Waals surface area contributed by atoms with E-state index in [1.165, 1.54) is 5.57 Å². The highest BCUT2D eigenvalue weighted by atomic mass is 16.8. The normalized spacial score (nSPS) is 54.5. The summed E-state index contributed by atoms with van der Waals surface area (Å²) in [5.74, 6) is 0.0550. The molecule has 2 saturated heterocycles. The minimum atomic E-state index is -1.81. The zero-order valence-electron chi connectivity index (χ0n) is 31.6. The van der Waals surface area contributed by atoms with E-state index >= 15 is 0 Å². The molecule has 7 rings (SSSR count). The molecular weight excluding hydrogens is 672 g/mol. The van der Waals surface area contributed by atoms with Crippen molar-refractivity contribution in [2.45, 2.75) is 161 Å². The summed E-state index contributed by atoms with van der Waals surface area (Å²) in [7, 11) is 0. The van der Waals surface area contributed by atoms with Crippen LogP contribution >= 0.6 is 0 Å². The molecule has 0 aromatic carbocycles. The molecule has 5 aliphatic carbocycles. The number of allylic oxidation sites excluding steroid dienone is 3. The molecule has 294 valence electrons. The third kappa shape index (κ3) is 5.40. The molecule has 52 heavy (non-hydrogen) atoms. The Morgan fingerprint density at radius 3 is 2.21 bits per heavy atom. The van der Waals surface area contributed by atoms with Gasteiger partial charge in [-0.3, -0.25) is 4.79 Å². The van der Waals surface area contributed by atoms with E-state index in [1.54, 1.807) is 0 Å². The van der Waals surface area contributed by atoms with E-state index in [4.69, 9.17) is 18.9 Å². The van der Waals surface area contributed by atoms with E-state index in [1.807, 2.05) is 0 Å². The average molecular weight is 735 g/mol. The van der Waals surface area contributed by atoms with Crippen molar-refractivity contribution in [2.75, 3.05) is 6.61 Å². The van der Waals surface area contributed by atoms with E-state index in [9.17, 15) is 40.5 Å². The SMILES string of the molecule is C=C1[C@H]2C3=CC[C@@H]4[C@@]5(C)CC[C@H](O[C@@H]6OC[C@H](O)[C@@H](O)[C@H]6O)C(C)(C)[C@@H]5CC[C@@]4(C)[C@]3(C)CC[C@@]2(C(=O)O[C@@H]2O[C@H](O)[C@@H](O)[C@H](O)[C@H]2O)CC[C@H]1C. The molecule has 7 aliphatic rings. The summed E-state index contributed by atoms with van der Waals surface area (Å²) >= 11 is 0. The van der Waals surface area contributed by atoms with Gasteiger partial charge in [-0.2, -0.15) is 0 Å². The van der Waals surface area contributed by atoms with E-state index in [0.717, 1.165) is 50.5 Å². The Kier molecular flexibility index (Phi) is 9.75. The van der Waals surface area contributed by atoms with Gasteiger partial charge in [-0.15, -0.1) is 0 Å². The van der Waals surface area contributed by atoms with Gasteiger partial charge in [-0.25, -0.2) is 0 Å². The minimum absolute atomic E-state index is 0.0197. The summed E-state index contributed by atoms with van der Waals surface area (Å²) in [5, 5.41) is 72.0. The molecule has 0 radical (unpaired) electrons. The average Bonchev–Trinajstić information content (AvgIpc) is 3.09. The molecule has 0 unspecified atom stereocenters. The number of fused-ring (bicyclic) bond motifs is 7. The van der Waals surface area contributed by atoms with Crippen LogP contribution in [0.4, 0.5) is 0 Å². The second-order valence-corrected chi connectivity index (χ2v) is 18.9. The first-order valence-electron chi connectivity index (χ1n) is 19.5. The molecule has 0 spiro atoms. The van der Waals surface area contributed by atoms with E-state index < -0.39 is 66.9 Å². The molecule has 2 heterocycles. The van der Waals surface area contributed by atoms with Crippen molar-refractivity contribution in [2.24, 2.45) is 50.7 Å². The summed E-state index contributed by atoms with van der Waals surface area (Å²) in [5.41, 5.74) is 0.712. The molecule has 0 aromatic rings. The standard InChI is InChI=1S/C40H62O12/c1-19-10-15-40(35(48)52-34-31(46)28(43)29(44)32(47)51-34)17-16-38(6)21(26(40)20(19)2)8-9-24-37(5)13-12-25(36(3,4)23(37)11-14-39(24,38)7)50-33-30(45)27(42)22(41)18-49-33/h8,19,22-34,41-47H,2,9-18H2,1,3-7H3/t19-,22+,23+,24-,25+,26+,27-,28+,29+,30-,31-,32+,33+,34+,37+,38-,39-,40+/m1/s1. The highest BCUT2D eigenvalue weighted by Gasteiger charge is 2.70. The van der Waals surface area contributed by atoms with Crippen LogP contribution in [0.1, 0.15) is 99.3 Å². The Labute approximate surface area is 307 Å². The lowest BCUT2D eigenvalue weighted by Crippen LogP contribution is -2.66. The van der Waals surface area contributed by atoms with Gasteiger partial charge in [0.05, 0.1) is 18.1 Å². The lowest BCUT2D eigenvalue weighted by Gasteiger charge is -2.71. The summed E-state index contributed by atoms with van der Waals surface area (Å²) in [6.07, 6.45) is -4.04. The van der Waals surface area contributed by atoms with Crippen LogP contribution in [0.2, 0.25) is 0 Å².